The average Bonchev–Trinajstić information content (AvgIpc) is 1.99. The topological polar surface area (TPSA) is 0 Å². The molecule has 11 heavy (non-hydrogen) atoms. The SMILES string of the molecule is CC#Cc1cccc(Br)c1C. The molecule has 1 aromatic carbocycles. The Kier molecular flexibility index (Phi) is 2.73. The van der Waals surface area contributed by atoms with Crippen molar-refractivity contribution in [2.24, 2.45) is 0 Å². The molecular weight excluding hydrogens is 200 g/mol. The molecule has 0 amide bonds. The van der Waals surface area contributed by atoms with Crippen LogP contribution in [0.25, 0.3) is 0 Å². The van der Waals surface area contributed by atoms with Gasteiger partial charge in [0.05, 0.1) is 0 Å². The van der Waals surface area contributed by atoms with Gasteiger partial charge in [0.15, 0.2) is 0 Å². The minimum atomic E-state index is 1.10. The maximum absolute atomic E-state index is 3.45. The van der Waals surface area contributed by atoms with Crippen LogP contribution in [-0.4, -0.2) is 0 Å². The second kappa shape index (κ2) is 3.59. The predicted molar refractivity (Wildman–Crippen MR) is 51.4 cm³/mol. The zero-order valence-electron chi connectivity index (χ0n) is 6.61. The maximum Gasteiger partial charge on any atom is 0.0285 e. The highest BCUT2D eigenvalue weighted by atomic mass is 79.9. The van der Waals surface area contributed by atoms with Gasteiger partial charge in [-0.3, -0.25) is 0 Å². The highest BCUT2D eigenvalue weighted by Crippen LogP contribution is 2.18. The van der Waals surface area contributed by atoms with Gasteiger partial charge in [-0.05, 0) is 31.5 Å². The van der Waals surface area contributed by atoms with Crippen molar-refractivity contribution in [2.75, 3.05) is 0 Å². The average molecular weight is 209 g/mol. The molecule has 0 bridgehead atoms. The van der Waals surface area contributed by atoms with E-state index in [9.17, 15) is 0 Å². The van der Waals surface area contributed by atoms with Gasteiger partial charge in [-0.25, -0.2) is 0 Å². The second-order valence-electron chi connectivity index (χ2n) is 2.29. The monoisotopic (exact) mass is 208 g/mol. The molecule has 1 heteroatoms. The van der Waals surface area contributed by atoms with E-state index in [4.69, 9.17) is 0 Å². The molecule has 0 aromatic heterocycles. The third-order valence-electron chi connectivity index (χ3n) is 1.53. The number of hydrogen-bond donors (Lipinski definition) is 0. The highest BCUT2D eigenvalue weighted by molar-refractivity contribution is 9.10. The van der Waals surface area contributed by atoms with Crippen LogP contribution in [0.15, 0.2) is 22.7 Å². The van der Waals surface area contributed by atoms with E-state index in [1.54, 1.807) is 0 Å². The zero-order valence-corrected chi connectivity index (χ0v) is 8.20. The summed E-state index contributed by atoms with van der Waals surface area (Å²) in [5.41, 5.74) is 2.31. The summed E-state index contributed by atoms with van der Waals surface area (Å²) >= 11 is 3.45. The van der Waals surface area contributed by atoms with E-state index < -0.39 is 0 Å². The molecule has 0 unspecified atom stereocenters. The summed E-state index contributed by atoms with van der Waals surface area (Å²) in [4.78, 5) is 0. The van der Waals surface area contributed by atoms with Crippen molar-refractivity contribution < 1.29 is 0 Å². The minimum absolute atomic E-state index is 1.10. The first kappa shape index (κ1) is 8.36. The molecule has 0 N–H and O–H groups in total. The lowest BCUT2D eigenvalue weighted by Gasteiger charge is -1.98. The fourth-order valence-corrected chi connectivity index (χ4v) is 1.24. The lowest BCUT2D eigenvalue weighted by atomic mass is 10.1. The summed E-state index contributed by atoms with van der Waals surface area (Å²) in [7, 11) is 0. The van der Waals surface area contributed by atoms with Crippen LogP contribution >= 0.6 is 15.9 Å². The second-order valence-corrected chi connectivity index (χ2v) is 3.14. The van der Waals surface area contributed by atoms with Gasteiger partial charge in [-0.2, -0.15) is 0 Å². The Labute approximate surface area is 75.8 Å². The van der Waals surface area contributed by atoms with Crippen molar-refractivity contribution in [3.8, 4) is 11.8 Å². The van der Waals surface area contributed by atoms with Crippen molar-refractivity contribution >= 4 is 15.9 Å². The molecule has 0 fully saturated rings. The molecule has 0 radical (unpaired) electrons. The summed E-state index contributed by atoms with van der Waals surface area (Å²) in [5.74, 6) is 5.92. The van der Waals surface area contributed by atoms with Crippen LogP contribution in [0.1, 0.15) is 18.1 Å². The molecule has 0 aliphatic heterocycles. The van der Waals surface area contributed by atoms with E-state index in [-0.39, 0.29) is 0 Å². The summed E-state index contributed by atoms with van der Waals surface area (Å²) in [6.07, 6.45) is 0. The Bertz CT molecular complexity index is 315. The molecule has 0 saturated carbocycles. The first-order valence-corrected chi connectivity index (χ1v) is 4.23. The Morgan fingerprint density at radius 2 is 2.09 bits per heavy atom. The van der Waals surface area contributed by atoms with Gasteiger partial charge in [0.2, 0.25) is 0 Å². The van der Waals surface area contributed by atoms with Crippen LogP contribution in [0.5, 0.6) is 0 Å². The third-order valence-corrected chi connectivity index (χ3v) is 2.39. The molecule has 0 aliphatic rings. The largest absolute Gasteiger partial charge is 0.101 e. The number of hydrogen-bond acceptors (Lipinski definition) is 0. The van der Waals surface area contributed by atoms with Gasteiger partial charge in [-0.15, -0.1) is 5.92 Å². The van der Waals surface area contributed by atoms with Crippen LogP contribution in [0.2, 0.25) is 0 Å². The lowest BCUT2D eigenvalue weighted by molar-refractivity contribution is 1.40. The van der Waals surface area contributed by atoms with E-state index in [0.29, 0.717) is 0 Å². The minimum Gasteiger partial charge on any atom is -0.101 e. The summed E-state index contributed by atoms with van der Waals surface area (Å²) in [6, 6.07) is 6.05. The van der Waals surface area contributed by atoms with Crippen molar-refractivity contribution in [3.05, 3.63) is 33.8 Å². The Morgan fingerprint density at radius 1 is 1.36 bits per heavy atom. The number of halogens is 1. The molecule has 0 atom stereocenters. The molecule has 0 spiro atoms. The highest BCUT2D eigenvalue weighted by Gasteiger charge is 1.96. The summed E-state index contributed by atoms with van der Waals surface area (Å²) < 4.78 is 1.12. The van der Waals surface area contributed by atoms with Crippen molar-refractivity contribution in [2.45, 2.75) is 13.8 Å². The van der Waals surface area contributed by atoms with Crippen molar-refractivity contribution in [3.63, 3.8) is 0 Å². The lowest BCUT2D eigenvalue weighted by Crippen LogP contribution is -1.81. The molecule has 0 nitrogen and oxygen atoms in total. The fourth-order valence-electron chi connectivity index (χ4n) is 0.878. The third kappa shape index (κ3) is 1.85. The van der Waals surface area contributed by atoms with Crippen LogP contribution in [-0.2, 0) is 0 Å². The fraction of sp³-hybridized carbons (Fsp3) is 0.200. The van der Waals surface area contributed by atoms with Crippen LogP contribution in [0.3, 0.4) is 0 Å². The van der Waals surface area contributed by atoms with Crippen molar-refractivity contribution in [1.29, 1.82) is 0 Å². The van der Waals surface area contributed by atoms with Crippen LogP contribution in [0, 0.1) is 18.8 Å². The van der Waals surface area contributed by atoms with E-state index in [1.807, 2.05) is 25.1 Å². The molecule has 0 aliphatic carbocycles. The van der Waals surface area contributed by atoms with Gasteiger partial charge in [0.25, 0.3) is 0 Å². The zero-order chi connectivity index (χ0) is 8.27. The standard InChI is InChI=1S/C10H9Br/c1-3-5-9-6-4-7-10(11)8(9)2/h4,6-7H,1-2H3. The molecule has 1 rings (SSSR count). The van der Waals surface area contributed by atoms with Gasteiger partial charge < -0.3 is 0 Å². The van der Waals surface area contributed by atoms with Gasteiger partial charge in [-0.1, -0.05) is 27.9 Å². The van der Waals surface area contributed by atoms with Crippen molar-refractivity contribution in [1.82, 2.24) is 0 Å². The van der Waals surface area contributed by atoms with Gasteiger partial charge >= 0.3 is 0 Å². The number of benzene rings is 1. The summed E-state index contributed by atoms with van der Waals surface area (Å²) in [6.45, 7) is 3.91. The number of rotatable bonds is 0. The smallest absolute Gasteiger partial charge is 0.0285 e. The molecule has 0 heterocycles. The quantitative estimate of drug-likeness (QED) is 0.576. The first-order chi connectivity index (χ1) is 5.25. The summed E-state index contributed by atoms with van der Waals surface area (Å²) in [5, 5.41) is 0. The van der Waals surface area contributed by atoms with Gasteiger partial charge in [0, 0.05) is 10.0 Å². The van der Waals surface area contributed by atoms with Crippen LogP contribution < -0.4 is 0 Å². The van der Waals surface area contributed by atoms with E-state index >= 15 is 0 Å². The molecule has 1 aromatic rings. The normalized spacial score (nSPS) is 8.64. The molecule has 56 valence electrons. The predicted octanol–water partition coefficient (Wildman–Crippen LogP) is 3.13. The Hall–Kier alpha value is -0.740. The van der Waals surface area contributed by atoms with E-state index in [0.717, 1.165) is 10.0 Å². The molecule has 0 saturated heterocycles. The van der Waals surface area contributed by atoms with E-state index in [1.165, 1.54) is 5.56 Å². The maximum atomic E-state index is 3.45. The van der Waals surface area contributed by atoms with Gasteiger partial charge in [0.1, 0.15) is 0 Å². The Balaban J connectivity index is 3.23. The van der Waals surface area contributed by atoms with Crippen LogP contribution in [0.4, 0.5) is 0 Å². The molecular formula is C10H9Br. The first-order valence-electron chi connectivity index (χ1n) is 3.43. The van der Waals surface area contributed by atoms with E-state index in [2.05, 4.69) is 34.7 Å². The Morgan fingerprint density at radius 3 is 2.73 bits per heavy atom.